The molecule has 0 fully saturated rings. The van der Waals surface area contributed by atoms with E-state index in [0.717, 1.165) is 20.3 Å². The maximum absolute atomic E-state index is 13.3. The summed E-state index contributed by atoms with van der Waals surface area (Å²) < 4.78 is 86.0. The number of hydrogen-bond acceptors (Lipinski definition) is 9. The fourth-order valence-corrected chi connectivity index (χ4v) is 4.42. The molecular formula is C16H18F4N6O4S2. The molecule has 0 N–H and O–H groups in total. The van der Waals surface area contributed by atoms with Crippen molar-refractivity contribution in [3.63, 3.8) is 0 Å². The minimum absolute atomic E-state index is 0.0515. The summed E-state index contributed by atoms with van der Waals surface area (Å²) in [6, 6.07) is 0. The maximum Gasteiger partial charge on any atom is 0.522 e. The second-order valence-corrected chi connectivity index (χ2v) is 9.64. The number of aromatic nitrogens is 5. The molecule has 0 bridgehead atoms. The van der Waals surface area contributed by atoms with Gasteiger partial charge in [-0.3, -0.25) is 13.7 Å². The van der Waals surface area contributed by atoms with Crippen molar-refractivity contribution in [3.05, 3.63) is 29.5 Å². The number of hydrogen-bond donors (Lipinski definition) is 0. The van der Waals surface area contributed by atoms with Crippen LogP contribution in [0.3, 0.4) is 0 Å². The average Bonchev–Trinajstić information content (AvgIpc) is 3.45. The Morgan fingerprint density at radius 3 is 2.69 bits per heavy atom. The molecule has 0 saturated heterocycles. The zero-order valence-corrected chi connectivity index (χ0v) is 18.4. The largest absolute Gasteiger partial charge is 0.522 e. The van der Waals surface area contributed by atoms with Crippen LogP contribution in [0.4, 0.5) is 23.2 Å². The third-order valence-electron chi connectivity index (χ3n) is 4.02. The molecule has 0 amide bonds. The number of alkyl halides is 4. The fourth-order valence-electron chi connectivity index (χ4n) is 2.46. The highest BCUT2D eigenvalue weighted by molar-refractivity contribution is 7.92. The Morgan fingerprint density at radius 2 is 2.06 bits per heavy atom. The first-order chi connectivity index (χ1) is 15.0. The standard InChI is InChI=1S/C16H18F4N6O4S2/c1-3-32(27,28)26(11-6-22-25(8-11)4-5-29-16(18,19)20)9-13-21-7-12(31-13)15-24-23-14(30-15)10(2)17/h6-8,10H,3-5,9H2,1-2H3. The van der Waals surface area contributed by atoms with E-state index in [-0.39, 0.29) is 36.3 Å². The molecule has 3 aromatic rings. The van der Waals surface area contributed by atoms with Crippen LogP contribution in [0.1, 0.15) is 30.9 Å². The van der Waals surface area contributed by atoms with Crippen molar-refractivity contribution in [1.82, 2.24) is 25.0 Å². The summed E-state index contributed by atoms with van der Waals surface area (Å²) in [4.78, 5) is 4.59. The molecule has 0 saturated carbocycles. The average molecular weight is 498 g/mol. The van der Waals surface area contributed by atoms with Gasteiger partial charge in [-0.15, -0.1) is 34.7 Å². The van der Waals surface area contributed by atoms with Crippen LogP contribution in [0.15, 0.2) is 23.0 Å². The molecule has 1 atom stereocenters. The van der Waals surface area contributed by atoms with E-state index in [1.807, 2.05) is 0 Å². The quantitative estimate of drug-likeness (QED) is 0.391. The van der Waals surface area contributed by atoms with Gasteiger partial charge in [0, 0.05) is 6.20 Å². The van der Waals surface area contributed by atoms with Crippen molar-refractivity contribution >= 4 is 27.0 Å². The van der Waals surface area contributed by atoms with Gasteiger partial charge in [0.25, 0.3) is 11.8 Å². The van der Waals surface area contributed by atoms with Crippen molar-refractivity contribution in [2.75, 3.05) is 16.7 Å². The van der Waals surface area contributed by atoms with Crippen molar-refractivity contribution in [2.24, 2.45) is 0 Å². The van der Waals surface area contributed by atoms with Crippen LogP contribution >= 0.6 is 11.3 Å². The summed E-state index contributed by atoms with van der Waals surface area (Å²) in [6.07, 6.45) is -2.28. The van der Waals surface area contributed by atoms with Crippen LogP contribution in [0.5, 0.6) is 0 Å². The lowest BCUT2D eigenvalue weighted by molar-refractivity contribution is -0.325. The summed E-state index contributed by atoms with van der Waals surface area (Å²) in [5, 5.41) is 11.6. The Labute approximate surface area is 183 Å². The Bertz CT molecular complexity index is 1140. The highest BCUT2D eigenvalue weighted by Gasteiger charge is 2.29. The Kier molecular flexibility index (Phi) is 7.14. The number of halogens is 4. The second kappa shape index (κ2) is 9.50. The normalized spacial score (nSPS) is 13.4. The molecule has 3 heterocycles. The van der Waals surface area contributed by atoms with Crippen molar-refractivity contribution in [1.29, 1.82) is 0 Å². The molecule has 1 unspecified atom stereocenters. The van der Waals surface area contributed by atoms with E-state index in [9.17, 15) is 26.0 Å². The highest BCUT2D eigenvalue weighted by Crippen LogP contribution is 2.29. The number of sulfonamides is 1. The van der Waals surface area contributed by atoms with Crippen molar-refractivity contribution < 1.29 is 35.1 Å². The Hall–Kier alpha value is -2.59. The maximum atomic E-state index is 13.3. The first kappa shape index (κ1) is 24.1. The summed E-state index contributed by atoms with van der Waals surface area (Å²) in [5.74, 6) is -0.364. The number of thiazole rings is 1. The van der Waals surface area contributed by atoms with E-state index in [2.05, 4.69) is 25.0 Å². The fraction of sp³-hybridized carbons (Fsp3) is 0.500. The van der Waals surface area contributed by atoms with Gasteiger partial charge in [-0.1, -0.05) is 0 Å². The third-order valence-corrected chi connectivity index (χ3v) is 6.73. The topological polar surface area (TPSA) is 116 Å². The van der Waals surface area contributed by atoms with Gasteiger partial charge in [0.05, 0.1) is 43.5 Å². The number of ether oxygens (including phenoxy) is 1. The summed E-state index contributed by atoms with van der Waals surface area (Å²) in [5.41, 5.74) is 0.155. The van der Waals surface area contributed by atoms with Crippen LogP contribution < -0.4 is 4.31 Å². The molecule has 3 aromatic heterocycles. The van der Waals surface area contributed by atoms with Crippen LogP contribution in [-0.2, 0) is 27.8 Å². The molecule has 0 aliphatic heterocycles. The number of rotatable bonds is 10. The SMILES string of the molecule is CCS(=O)(=O)N(Cc1ncc(-c2nnc(C(C)F)o2)s1)c1cnn(CCOC(F)(F)F)c1. The first-order valence-corrected chi connectivity index (χ1v) is 11.6. The van der Waals surface area contributed by atoms with Gasteiger partial charge >= 0.3 is 6.36 Å². The van der Waals surface area contributed by atoms with Gasteiger partial charge in [-0.05, 0) is 13.8 Å². The molecule has 0 radical (unpaired) electrons. The van der Waals surface area contributed by atoms with Gasteiger partial charge in [0.15, 0.2) is 6.17 Å². The molecule has 0 aromatic carbocycles. The Balaban J connectivity index is 1.77. The minimum atomic E-state index is -4.77. The van der Waals surface area contributed by atoms with E-state index in [4.69, 9.17) is 4.42 Å². The van der Waals surface area contributed by atoms with Crippen molar-refractivity contribution in [3.8, 4) is 10.8 Å². The molecule has 0 spiro atoms. The molecule has 32 heavy (non-hydrogen) atoms. The highest BCUT2D eigenvalue weighted by atomic mass is 32.2. The predicted molar refractivity (Wildman–Crippen MR) is 105 cm³/mol. The van der Waals surface area contributed by atoms with Gasteiger partial charge in [0.1, 0.15) is 9.88 Å². The van der Waals surface area contributed by atoms with Crippen molar-refractivity contribution in [2.45, 2.75) is 39.5 Å². The van der Waals surface area contributed by atoms with E-state index in [0.29, 0.717) is 9.88 Å². The number of nitrogens with zero attached hydrogens (tertiary/aromatic N) is 6. The van der Waals surface area contributed by atoms with Crippen LogP contribution in [0.25, 0.3) is 10.8 Å². The first-order valence-electron chi connectivity index (χ1n) is 9.14. The zero-order valence-electron chi connectivity index (χ0n) is 16.8. The molecule has 176 valence electrons. The lowest BCUT2D eigenvalue weighted by Crippen LogP contribution is -2.31. The summed E-state index contributed by atoms with van der Waals surface area (Å²) in [6.45, 7) is 1.64. The predicted octanol–water partition coefficient (Wildman–Crippen LogP) is 3.31. The van der Waals surface area contributed by atoms with Crippen LogP contribution in [-0.4, -0.2) is 52.1 Å². The zero-order chi connectivity index (χ0) is 23.5. The third kappa shape index (κ3) is 6.01. The van der Waals surface area contributed by atoms with Gasteiger partial charge in [-0.2, -0.15) is 5.10 Å². The molecule has 0 aliphatic carbocycles. The van der Waals surface area contributed by atoms with Crippen LogP contribution in [0.2, 0.25) is 0 Å². The van der Waals surface area contributed by atoms with Crippen LogP contribution in [0, 0.1) is 0 Å². The minimum Gasteiger partial charge on any atom is -0.417 e. The van der Waals surface area contributed by atoms with E-state index in [1.54, 1.807) is 0 Å². The van der Waals surface area contributed by atoms with E-state index in [1.165, 1.54) is 32.4 Å². The second-order valence-electron chi connectivity index (χ2n) is 6.34. The monoisotopic (exact) mass is 498 g/mol. The summed E-state index contributed by atoms with van der Waals surface area (Å²) in [7, 11) is -3.77. The molecular weight excluding hydrogens is 480 g/mol. The number of anilines is 1. The molecule has 10 nitrogen and oxygen atoms in total. The smallest absolute Gasteiger partial charge is 0.417 e. The molecule has 3 rings (SSSR count). The van der Waals surface area contributed by atoms with E-state index >= 15 is 0 Å². The summed E-state index contributed by atoms with van der Waals surface area (Å²) >= 11 is 1.08. The molecule has 0 aliphatic rings. The van der Waals surface area contributed by atoms with Gasteiger partial charge in [-0.25, -0.2) is 17.8 Å². The Morgan fingerprint density at radius 1 is 1.31 bits per heavy atom. The van der Waals surface area contributed by atoms with Gasteiger partial charge in [0.2, 0.25) is 10.0 Å². The molecule has 16 heteroatoms. The lowest BCUT2D eigenvalue weighted by Gasteiger charge is -2.20. The lowest BCUT2D eigenvalue weighted by atomic mass is 10.4. The van der Waals surface area contributed by atoms with Gasteiger partial charge < -0.3 is 4.42 Å². The van der Waals surface area contributed by atoms with E-state index < -0.39 is 29.2 Å².